The number of nitriles is 1. The Morgan fingerprint density at radius 2 is 2.00 bits per heavy atom. The molecule has 0 aliphatic rings. The summed E-state index contributed by atoms with van der Waals surface area (Å²) in [5.41, 5.74) is 6.61. The first kappa shape index (κ1) is 14.4. The van der Waals surface area contributed by atoms with Gasteiger partial charge in [0.05, 0.1) is 12.2 Å². The van der Waals surface area contributed by atoms with Gasteiger partial charge in [0.1, 0.15) is 0 Å². The lowest BCUT2D eigenvalue weighted by atomic mass is 10.1. The first-order valence-electron chi connectivity index (χ1n) is 5.28. The summed E-state index contributed by atoms with van der Waals surface area (Å²) in [5, 5.41) is 17.2. The van der Waals surface area contributed by atoms with Gasteiger partial charge in [0, 0.05) is 12.2 Å². The van der Waals surface area contributed by atoms with Crippen molar-refractivity contribution in [2.24, 2.45) is 0 Å². The van der Waals surface area contributed by atoms with Crippen molar-refractivity contribution in [3.8, 4) is 6.07 Å². The van der Waals surface area contributed by atoms with Crippen LogP contribution in [0.15, 0.2) is 24.3 Å². The maximum absolute atomic E-state index is 11.5. The van der Waals surface area contributed by atoms with Crippen molar-refractivity contribution in [1.29, 1.82) is 5.26 Å². The van der Waals surface area contributed by atoms with E-state index in [2.05, 4.69) is 4.72 Å². The first-order chi connectivity index (χ1) is 8.36. The minimum Gasteiger partial charge on any atom is -0.399 e. The molecule has 0 amide bonds. The highest BCUT2D eigenvalue weighted by Crippen LogP contribution is 2.14. The second-order valence-corrected chi connectivity index (χ2v) is 5.93. The maximum Gasteiger partial charge on any atom is 0.227 e. The molecule has 98 valence electrons. The molecular weight excluding hydrogens is 254 g/mol. The quantitative estimate of drug-likeness (QED) is 0.657. The Balaban J connectivity index is 2.65. The number of hydrogen-bond acceptors (Lipinski definition) is 5. The van der Waals surface area contributed by atoms with E-state index in [1.165, 1.54) is 6.92 Å². The van der Waals surface area contributed by atoms with Gasteiger partial charge in [-0.3, -0.25) is 0 Å². The topological polar surface area (TPSA) is 116 Å². The summed E-state index contributed by atoms with van der Waals surface area (Å²) in [5.74, 6) is 0. The minimum absolute atomic E-state index is 0.182. The molecule has 7 heteroatoms. The predicted octanol–water partition coefficient (Wildman–Crippen LogP) is 0.134. The van der Waals surface area contributed by atoms with Crippen molar-refractivity contribution in [2.75, 3.05) is 12.3 Å². The van der Waals surface area contributed by atoms with E-state index in [1.54, 1.807) is 30.3 Å². The maximum atomic E-state index is 11.5. The van der Waals surface area contributed by atoms with Crippen LogP contribution in [-0.2, 0) is 10.0 Å². The van der Waals surface area contributed by atoms with Gasteiger partial charge in [-0.2, -0.15) is 5.26 Å². The Labute approximate surface area is 106 Å². The van der Waals surface area contributed by atoms with E-state index in [0.717, 1.165) is 0 Å². The number of anilines is 1. The van der Waals surface area contributed by atoms with Crippen molar-refractivity contribution in [3.05, 3.63) is 29.8 Å². The van der Waals surface area contributed by atoms with Crippen LogP contribution >= 0.6 is 0 Å². The largest absolute Gasteiger partial charge is 0.399 e. The average molecular weight is 269 g/mol. The summed E-state index contributed by atoms with van der Waals surface area (Å²) in [6.45, 7) is 1.09. The van der Waals surface area contributed by atoms with Gasteiger partial charge in [-0.25, -0.2) is 13.1 Å². The van der Waals surface area contributed by atoms with Gasteiger partial charge in [-0.05, 0) is 24.6 Å². The molecule has 1 rings (SSSR count). The third-order valence-corrected chi connectivity index (χ3v) is 4.05. The van der Waals surface area contributed by atoms with Crippen molar-refractivity contribution in [2.45, 2.75) is 18.3 Å². The lowest BCUT2D eigenvalue weighted by Gasteiger charge is -2.13. The number of nitrogens with zero attached hydrogens (tertiary/aromatic N) is 1. The van der Waals surface area contributed by atoms with Crippen molar-refractivity contribution >= 4 is 15.7 Å². The summed E-state index contributed by atoms with van der Waals surface area (Å²) >= 11 is 0. The molecule has 2 unspecified atom stereocenters. The molecule has 0 saturated carbocycles. The standard InChI is InChI=1S/C11H15N3O3S/c1-8(6-12)18(16,17)14-7-11(15)9-2-4-10(13)5-3-9/h2-5,8,11,14-15H,7,13H2,1H3. The molecule has 0 radical (unpaired) electrons. The number of aliphatic hydroxyl groups is 1. The van der Waals surface area contributed by atoms with Crippen molar-refractivity contribution < 1.29 is 13.5 Å². The molecule has 0 spiro atoms. The SMILES string of the molecule is CC(C#N)S(=O)(=O)NCC(O)c1ccc(N)cc1. The Hall–Kier alpha value is -1.62. The number of nitrogens with two attached hydrogens (primary N) is 1. The predicted molar refractivity (Wildman–Crippen MR) is 67.8 cm³/mol. The molecule has 0 bridgehead atoms. The number of sulfonamides is 1. The molecule has 1 aromatic carbocycles. The molecule has 0 aromatic heterocycles. The van der Waals surface area contributed by atoms with Gasteiger partial charge in [0.2, 0.25) is 10.0 Å². The number of hydrogen-bond donors (Lipinski definition) is 3. The van der Waals surface area contributed by atoms with Crippen LogP contribution in [0.2, 0.25) is 0 Å². The molecule has 0 aliphatic heterocycles. The third kappa shape index (κ3) is 3.70. The number of nitrogens with one attached hydrogen (secondary N) is 1. The molecule has 0 saturated heterocycles. The number of rotatable bonds is 5. The van der Waals surface area contributed by atoms with E-state index in [0.29, 0.717) is 11.3 Å². The highest BCUT2D eigenvalue weighted by Gasteiger charge is 2.21. The van der Waals surface area contributed by atoms with Gasteiger partial charge >= 0.3 is 0 Å². The van der Waals surface area contributed by atoms with Gasteiger partial charge in [0.25, 0.3) is 0 Å². The number of nitrogen functional groups attached to an aromatic ring is 1. The Morgan fingerprint density at radius 1 is 1.44 bits per heavy atom. The zero-order valence-corrected chi connectivity index (χ0v) is 10.7. The molecule has 18 heavy (non-hydrogen) atoms. The molecule has 4 N–H and O–H groups in total. The second kappa shape index (κ2) is 5.82. The molecule has 0 fully saturated rings. The van der Waals surface area contributed by atoms with Crippen LogP contribution in [-0.4, -0.2) is 25.3 Å². The number of benzene rings is 1. The molecule has 2 atom stereocenters. The van der Waals surface area contributed by atoms with E-state index in [1.807, 2.05) is 0 Å². The molecular formula is C11H15N3O3S. The molecule has 6 nitrogen and oxygen atoms in total. The highest BCUT2D eigenvalue weighted by atomic mass is 32.2. The van der Waals surface area contributed by atoms with Crippen LogP contribution in [0.1, 0.15) is 18.6 Å². The normalized spacial score (nSPS) is 14.7. The summed E-state index contributed by atoms with van der Waals surface area (Å²) in [7, 11) is -3.72. The van der Waals surface area contributed by atoms with Gasteiger partial charge in [-0.1, -0.05) is 12.1 Å². The lowest BCUT2D eigenvalue weighted by Crippen LogP contribution is -2.34. The van der Waals surface area contributed by atoms with E-state index >= 15 is 0 Å². The third-order valence-electron chi connectivity index (χ3n) is 2.45. The summed E-state index contributed by atoms with van der Waals surface area (Å²) in [4.78, 5) is 0. The summed E-state index contributed by atoms with van der Waals surface area (Å²) in [6, 6.07) is 8.09. The monoisotopic (exact) mass is 269 g/mol. The van der Waals surface area contributed by atoms with E-state index in [9.17, 15) is 13.5 Å². The van der Waals surface area contributed by atoms with E-state index in [4.69, 9.17) is 11.0 Å². The van der Waals surface area contributed by atoms with Crippen LogP contribution in [0.25, 0.3) is 0 Å². The fourth-order valence-electron chi connectivity index (χ4n) is 1.23. The van der Waals surface area contributed by atoms with Crippen molar-refractivity contribution in [3.63, 3.8) is 0 Å². The smallest absolute Gasteiger partial charge is 0.227 e. The minimum atomic E-state index is -3.72. The van der Waals surface area contributed by atoms with Crippen LogP contribution < -0.4 is 10.5 Å². The van der Waals surface area contributed by atoms with Crippen LogP contribution in [0.3, 0.4) is 0 Å². The van der Waals surface area contributed by atoms with Crippen molar-refractivity contribution in [1.82, 2.24) is 4.72 Å². The molecule has 1 aromatic rings. The van der Waals surface area contributed by atoms with E-state index in [-0.39, 0.29) is 6.54 Å². The van der Waals surface area contributed by atoms with E-state index < -0.39 is 21.4 Å². The van der Waals surface area contributed by atoms with Gasteiger partial charge in [0.15, 0.2) is 5.25 Å². The fourth-order valence-corrected chi connectivity index (χ4v) is 2.00. The Kier molecular flexibility index (Phi) is 4.67. The zero-order chi connectivity index (χ0) is 13.8. The lowest BCUT2D eigenvalue weighted by molar-refractivity contribution is 0.182. The second-order valence-electron chi connectivity index (χ2n) is 3.85. The average Bonchev–Trinajstić information content (AvgIpc) is 2.35. The summed E-state index contributed by atoms with van der Waals surface area (Å²) in [6.07, 6.45) is -0.980. The van der Waals surface area contributed by atoms with Crippen LogP contribution in [0, 0.1) is 11.3 Å². The van der Waals surface area contributed by atoms with Crippen LogP contribution in [0.4, 0.5) is 5.69 Å². The first-order valence-corrected chi connectivity index (χ1v) is 6.83. The summed E-state index contributed by atoms with van der Waals surface area (Å²) < 4.78 is 25.2. The van der Waals surface area contributed by atoms with Gasteiger partial charge < -0.3 is 10.8 Å². The van der Waals surface area contributed by atoms with Crippen LogP contribution in [0.5, 0.6) is 0 Å². The fraction of sp³-hybridized carbons (Fsp3) is 0.364. The van der Waals surface area contributed by atoms with Gasteiger partial charge in [-0.15, -0.1) is 0 Å². The molecule has 0 aliphatic carbocycles. The molecule has 0 heterocycles. The number of aliphatic hydroxyl groups excluding tert-OH is 1. The Bertz CT molecular complexity index is 534. The highest BCUT2D eigenvalue weighted by molar-refractivity contribution is 7.90. The zero-order valence-electron chi connectivity index (χ0n) is 9.87. The Morgan fingerprint density at radius 3 is 2.50 bits per heavy atom.